The lowest BCUT2D eigenvalue weighted by Gasteiger charge is -2.19. The van der Waals surface area contributed by atoms with E-state index in [9.17, 15) is 8.42 Å². The van der Waals surface area contributed by atoms with Crippen molar-refractivity contribution in [3.8, 4) is 0 Å². The van der Waals surface area contributed by atoms with Crippen LogP contribution in [0.3, 0.4) is 0 Å². The minimum Gasteiger partial charge on any atom is -0.323 e. The van der Waals surface area contributed by atoms with E-state index in [2.05, 4.69) is 41.9 Å². The zero-order valence-electron chi connectivity index (χ0n) is 15.3. The average Bonchev–Trinajstić information content (AvgIpc) is 2.92. The Hall–Kier alpha value is -1.97. The van der Waals surface area contributed by atoms with Gasteiger partial charge >= 0.3 is 0 Å². The lowest BCUT2D eigenvalue weighted by atomic mass is 10.2. The summed E-state index contributed by atoms with van der Waals surface area (Å²) >= 11 is 6.77. The van der Waals surface area contributed by atoms with Crippen molar-refractivity contribution < 1.29 is 8.42 Å². The van der Waals surface area contributed by atoms with Crippen LogP contribution < -0.4 is 0 Å². The third-order valence-corrected chi connectivity index (χ3v) is 7.73. The van der Waals surface area contributed by atoms with Crippen LogP contribution >= 0.6 is 31.9 Å². The van der Waals surface area contributed by atoms with Crippen LogP contribution in [0.4, 0.5) is 0 Å². The molecular weight excluding hydrogens is 508 g/mol. The zero-order chi connectivity index (χ0) is 20.3. The Morgan fingerprint density at radius 2 is 1.75 bits per heavy atom. The molecular formula is C19H18Br2N4O2S. The Kier molecular flexibility index (Phi) is 6.36. The van der Waals surface area contributed by atoms with Gasteiger partial charge in [-0.3, -0.25) is 0 Å². The van der Waals surface area contributed by atoms with Gasteiger partial charge in [-0.25, -0.2) is 4.98 Å². The van der Waals surface area contributed by atoms with E-state index in [1.807, 2.05) is 37.3 Å². The van der Waals surface area contributed by atoms with E-state index in [-0.39, 0.29) is 11.4 Å². The fraction of sp³-hybridized carbons (Fsp3) is 0.158. The summed E-state index contributed by atoms with van der Waals surface area (Å²) in [4.78, 5) is 4.56. The molecule has 1 aromatic heterocycles. The molecule has 146 valence electrons. The molecule has 0 spiro atoms. The summed E-state index contributed by atoms with van der Waals surface area (Å²) in [6, 6.07) is 16.0. The Balaban J connectivity index is 2.01. The number of hydrazone groups is 1. The summed E-state index contributed by atoms with van der Waals surface area (Å²) in [6.07, 6.45) is 1.53. The molecule has 2 aromatic carbocycles. The first-order valence-corrected chi connectivity index (χ1v) is 11.4. The largest absolute Gasteiger partial charge is 0.323 e. The van der Waals surface area contributed by atoms with Crippen LogP contribution in [-0.2, 0) is 23.6 Å². The smallest absolute Gasteiger partial charge is 0.279 e. The van der Waals surface area contributed by atoms with Gasteiger partial charge in [-0.15, -0.1) is 0 Å². The van der Waals surface area contributed by atoms with Crippen LogP contribution in [0.25, 0.3) is 0 Å². The topological polar surface area (TPSA) is 67.6 Å². The Labute approximate surface area is 181 Å². The molecule has 1 heterocycles. The lowest BCUT2D eigenvalue weighted by Crippen LogP contribution is -2.27. The van der Waals surface area contributed by atoms with Gasteiger partial charge in [0.05, 0.1) is 11.1 Å². The first-order valence-electron chi connectivity index (χ1n) is 8.34. The lowest BCUT2D eigenvalue weighted by molar-refractivity contribution is 0.412. The molecule has 0 saturated heterocycles. The highest BCUT2D eigenvalue weighted by atomic mass is 79.9. The Bertz CT molecular complexity index is 1090. The summed E-state index contributed by atoms with van der Waals surface area (Å²) in [5.41, 5.74) is 1.78. The fourth-order valence-corrected chi connectivity index (χ4v) is 4.38. The predicted molar refractivity (Wildman–Crippen MR) is 117 cm³/mol. The van der Waals surface area contributed by atoms with E-state index in [4.69, 9.17) is 0 Å². The van der Waals surface area contributed by atoms with Crippen LogP contribution in [0, 0.1) is 6.92 Å². The van der Waals surface area contributed by atoms with E-state index in [1.165, 1.54) is 6.21 Å². The molecule has 0 amide bonds. The third-order valence-electron chi connectivity index (χ3n) is 4.09. The second kappa shape index (κ2) is 8.59. The van der Waals surface area contributed by atoms with Crippen molar-refractivity contribution in [1.82, 2.24) is 14.0 Å². The van der Waals surface area contributed by atoms with E-state index in [0.29, 0.717) is 10.4 Å². The van der Waals surface area contributed by atoms with Crippen LogP contribution in [0.5, 0.6) is 0 Å². The third kappa shape index (κ3) is 4.53. The molecule has 6 nitrogen and oxygen atoms in total. The molecule has 0 aliphatic carbocycles. The summed E-state index contributed by atoms with van der Waals surface area (Å²) in [5.74, 6) is 0.541. The van der Waals surface area contributed by atoms with E-state index in [0.717, 1.165) is 20.1 Å². The van der Waals surface area contributed by atoms with Gasteiger partial charge in [0.15, 0.2) is 0 Å². The van der Waals surface area contributed by atoms with Crippen molar-refractivity contribution in [2.24, 2.45) is 12.1 Å². The molecule has 0 bridgehead atoms. The molecule has 3 rings (SSSR count). The second-order valence-corrected chi connectivity index (χ2v) is 9.47. The first-order chi connectivity index (χ1) is 13.3. The number of sulfonamides is 1. The Morgan fingerprint density at radius 1 is 1.11 bits per heavy atom. The molecule has 0 atom stereocenters. The first kappa shape index (κ1) is 20.8. The molecule has 0 N–H and O–H groups in total. The molecule has 0 unspecified atom stereocenters. The van der Waals surface area contributed by atoms with Crippen molar-refractivity contribution in [2.45, 2.75) is 18.4 Å². The summed E-state index contributed by atoms with van der Waals surface area (Å²) in [5, 5.41) is 4.28. The van der Waals surface area contributed by atoms with Gasteiger partial charge in [0.2, 0.25) is 0 Å². The number of aryl methyl sites for hydroxylation is 1. The second-order valence-electron chi connectivity index (χ2n) is 6.12. The average molecular weight is 526 g/mol. The van der Waals surface area contributed by atoms with Crippen molar-refractivity contribution in [3.63, 3.8) is 0 Å². The number of nitrogens with zero attached hydrogens (tertiary/aromatic N) is 4. The Morgan fingerprint density at radius 3 is 2.32 bits per heavy atom. The fourth-order valence-electron chi connectivity index (χ4n) is 2.44. The van der Waals surface area contributed by atoms with Crippen molar-refractivity contribution >= 4 is 48.1 Å². The maximum atomic E-state index is 13.2. The number of aromatic nitrogens is 2. The molecule has 0 aliphatic rings. The van der Waals surface area contributed by atoms with Crippen LogP contribution in [0.1, 0.15) is 17.0 Å². The zero-order valence-corrected chi connectivity index (χ0v) is 19.2. The number of hydrogen-bond acceptors (Lipinski definition) is 4. The number of benzene rings is 2. The number of hydrogen-bond donors (Lipinski definition) is 0. The predicted octanol–water partition coefficient (Wildman–Crippen LogP) is 4.48. The highest BCUT2D eigenvalue weighted by Gasteiger charge is 2.25. The van der Waals surface area contributed by atoms with Gasteiger partial charge < -0.3 is 4.57 Å². The quantitative estimate of drug-likeness (QED) is 0.352. The highest BCUT2D eigenvalue weighted by molar-refractivity contribution is 9.13. The molecule has 28 heavy (non-hydrogen) atoms. The van der Waals surface area contributed by atoms with E-state index < -0.39 is 10.0 Å². The monoisotopic (exact) mass is 524 g/mol. The van der Waals surface area contributed by atoms with Crippen molar-refractivity contribution in [3.05, 3.63) is 80.8 Å². The van der Waals surface area contributed by atoms with E-state index >= 15 is 0 Å². The van der Waals surface area contributed by atoms with Crippen molar-refractivity contribution in [1.29, 1.82) is 0 Å². The van der Waals surface area contributed by atoms with Gasteiger partial charge in [0.25, 0.3) is 10.0 Å². The summed E-state index contributed by atoms with van der Waals surface area (Å²) < 4.78 is 30.6. The van der Waals surface area contributed by atoms with Gasteiger partial charge in [-0.05, 0) is 56.5 Å². The summed E-state index contributed by atoms with van der Waals surface area (Å²) in [6.45, 7) is 1.89. The van der Waals surface area contributed by atoms with Crippen LogP contribution in [0.15, 0.2) is 73.8 Å². The minimum absolute atomic E-state index is 0.0136. The highest BCUT2D eigenvalue weighted by Crippen LogP contribution is 2.25. The maximum Gasteiger partial charge on any atom is 0.279 e. The van der Waals surface area contributed by atoms with Gasteiger partial charge in [0.1, 0.15) is 21.6 Å². The van der Waals surface area contributed by atoms with Gasteiger partial charge in [-0.1, -0.05) is 48.0 Å². The van der Waals surface area contributed by atoms with Crippen LogP contribution in [-0.4, -0.2) is 28.6 Å². The number of halogens is 2. The number of imidazole rings is 1. The SMILES string of the molecule is Cc1ccc(S(=O)(=O)N(Cc2nc(Br)c(Br)n2C)/N=C/c2ccccc2)cc1. The minimum atomic E-state index is -3.86. The van der Waals surface area contributed by atoms with Crippen LogP contribution in [0.2, 0.25) is 0 Å². The molecule has 0 saturated carbocycles. The summed E-state index contributed by atoms with van der Waals surface area (Å²) in [7, 11) is -2.05. The van der Waals surface area contributed by atoms with E-state index in [1.54, 1.807) is 35.9 Å². The van der Waals surface area contributed by atoms with Gasteiger partial charge in [-0.2, -0.15) is 17.9 Å². The normalized spacial score (nSPS) is 11.9. The molecule has 0 fully saturated rings. The maximum absolute atomic E-state index is 13.2. The van der Waals surface area contributed by atoms with Crippen molar-refractivity contribution in [2.75, 3.05) is 0 Å². The molecule has 3 aromatic rings. The molecule has 0 aliphatic heterocycles. The number of rotatable bonds is 6. The molecule has 0 radical (unpaired) electrons. The van der Waals surface area contributed by atoms with Gasteiger partial charge in [0, 0.05) is 7.05 Å². The standard InChI is InChI=1S/C19H18Br2N4O2S/c1-14-8-10-16(11-9-14)28(26,27)25(22-12-15-6-4-3-5-7-15)13-17-23-18(20)19(21)24(17)2/h3-12H,13H2,1-2H3/b22-12+. The molecule has 9 heteroatoms.